The van der Waals surface area contributed by atoms with Crippen LogP contribution >= 0.6 is 0 Å². The van der Waals surface area contributed by atoms with Gasteiger partial charge in [0, 0.05) is 17.6 Å². The van der Waals surface area contributed by atoms with Crippen molar-refractivity contribution in [3.63, 3.8) is 0 Å². The molecule has 2 aromatic rings. The molecular weight excluding hydrogens is 244 g/mol. The molecule has 1 atom stereocenters. The number of nitrogens with one attached hydrogen (secondary N) is 1. The first kappa shape index (κ1) is 15.0. The van der Waals surface area contributed by atoms with Crippen LogP contribution in [-0.4, -0.2) is 11.5 Å². The van der Waals surface area contributed by atoms with E-state index in [1.165, 1.54) is 43.1 Å². The van der Waals surface area contributed by atoms with E-state index in [4.69, 9.17) is 0 Å². The number of hydrogen-bond donors (Lipinski definition) is 1. The number of benzene rings is 1. The minimum Gasteiger partial charge on any atom is -0.310 e. The summed E-state index contributed by atoms with van der Waals surface area (Å²) in [7, 11) is 0. The summed E-state index contributed by atoms with van der Waals surface area (Å²) in [5.74, 6) is 0. The maximum Gasteiger partial charge on any atom is 0.0749 e. The summed E-state index contributed by atoms with van der Waals surface area (Å²) < 4.78 is 0. The molecule has 2 nitrogen and oxygen atoms in total. The van der Waals surface area contributed by atoms with Crippen LogP contribution in [0.4, 0.5) is 0 Å². The lowest BCUT2D eigenvalue weighted by atomic mass is 9.97. The summed E-state index contributed by atoms with van der Waals surface area (Å²) in [6.45, 7) is 5.44. The third-order valence-electron chi connectivity index (χ3n) is 3.84. The van der Waals surface area contributed by atoms with Crippen LogP contribution < -0.4 is 5.32 Å². The molecule has 0 bridgehead atoms. The number of fused-ring (bicyclic) bond motifs is 1. The Hall–Kier alpha value is -1.41. The van der Waals surface area contributed by atoms with E-state index >= 15 is 0 Å². The molecule has 0 saturated carbocycles. The molecule has 2 rings (SSSR count). The number of pyridine rings is 1. The van der Waals surface area contributed by atoms with E-state index in [9.17, 15) is 0 Å². The molecule has 0 aliphatic heterocycles. The smallest absolute Gasteiger partial charge is 0.0749 e. The summed E-state index contributed by atoms with van der Waals surface area (Å²) in [5.41, 5.74) is 2.50. The van der Waals surface area contributed by atoms with E-state index in [0.717, 1.165) is 12.1 Å². The number of aromatic nitrogens is 1. The van der Waals surface area contributed by atoms with E-state index in [1.807, 2.05) is 12.3 Å². The van der Waals surface area contributed by atoms with E-state index in [2.05, 4.69) is 48.4 Å². The van der Waals surface area contributed by atoms with E-state index in [-0.39, 0.29) is 0 Å². The molecule has 1 N–H and O–H groups in total. The highest BCUT2D eigenvalue weighted by molar-refractivity contribution is 5.81. The highest BCUT2D eigenvalue weighted by Gasteiger charge is 2.13. The highest BCUT2D eigenvalue weighted by atomic mass is 14.9. The van der Waals surface area contributed by atoms with Gasteiger partial charge in [0.05, 0.1) is 5.52 Å². The van der Waals surface area contributed by atoms with Crippen LogP contribution in [0.3, 0.4) is 0 Å². The van der Waals surface area contributed by atoms with Crippen molar-refractivity contribution in [1.82, 2.24) is 10.3 Å². The maximum absolute atomic E-state index is 4.59. The lowest BCUT2D eigenvalue weighted by molar-refractivity contribution is 0.484. The molecular formula is C18H26N2. The van der Waals surface area contributed by atoms with Crippen molar-refractivity contribution in [2.45, 2.75) is 52.0 Å². The van der Waals surface area contributed by atoms with Gasteiger partial charge in [0.1, 0.15) is 0 Å². The van der Waals surface area contributed by atoms with Crippen LogP contribution in [-0.2, 0) is 0 Å². The minimum atomic E-state index is 0.426. The largest absolute Gasteiger partial charge is 0.310 e. The highest BCUT2D eigenvalue weighted by Crippen LogP contribution is 2.26. The van der Waals surface area contributed by atoms with Gasteiger partial charge in [-0.25, -0.2) is 0 Å². The normalized spacial score (nSPS) is 12.7. The topological polar surface area (TPSA) is 24.9 Å². The molecule has 1 aromatic carbocycles. The van der Waals surface area contributed by atoms with Gasteiger partial charge >= 0.3 is 0 Å². The third kappa shape index (κ3) is 3.80. The lowest BCUT2D eigenvalue weighted by Gasteiger charge is -2.19. The number of para-hydroxylation sites is 1. The first-order valence-electron chi connectivity index (χ1n) is 7.93. The van der Waals surface area contributed by atoms with E-state index in [0.29, 0.717) is 6.04 Å². The molecule has 20 heavy (non-hydrogen) atoms. The van der Waals surface area contributed by atoms with Crippen LogP contribution in [0.15, 0.2) is 36.5 Å². The first-order chi connectivity index (χ1) is 9.86. The van der Waals surface area contributed by atoms with Crippen molar-refractivity contribution in [2.24, 2.45) is 0 Å². The molecule has 2 heteroatoms. The first-order valence-corrected chi connectivity index (χ1v) is 7.93. The zero-order chi connectivity index (χ0) is 14.2. The number of unbranched alkanes of at least 4 members (excludes halogenated alkanes) is 3. The van der Waals surface area contributed by atoms with Crippen molar-refractivity contribution < 1.29 is 0 Å². The van der Waals surface area contributed by atoms with Crippen molar-refractivity contribution in [2.75, 3.05) is 6.54 Å². The Labute approximate surface area is 122 Å². The Morgan fingerprint density at radius 2 is 1.90 bits per heavy atom. The van der Waals surface area contributed by atoms with Gasteiger partial charge in [-0.05, 0) is 24.6 Å². The Bertz CT molecular complexity index is 516. The lowest BCUT2D eigenvalue weighted by Crippen LogP contribution is -2.21. The average Bonchev–Trinajstić information content (AvgIpc) is 2.50. The van der Waals surface area contributed by atoms with Crippen LogP contribution in [0.25, 0.3) is 10.9 Å². The zero-order valence-corrected chi connectivity index (χ0v) is 12.7. The molecule has 108 valence electrons. The molecule has 1 heterocycles. The van der Waals surface area contributed by atoms with Crippen molar-refractivity contribution in [3.8, 4) is 0 Å². The van der Waals surface area contributed by atoms with Crippen molar-refractivity contribution in [3.05, 3.63) is 42.1 Å². The number of nitrogens with zero attached hydrogens (tertiary/aromatic N) is 1. The Morgan fingerprint density at radius 1 is 1.05 bits per heavy atom. The summed E-state index contributed by atoms with van der Waals surface area (Å²) >= 11 is 0. The second-order valence-electron chi connectivity index (χ2n) is 5.38. The number of hydrogen-bond acceptors (Lipinski definition) is 2. The molecule has 0 amide bonds. The van der Waals surface area contributed by atoms with Crippen LogP contribution in [0, 0.1) is 0 Å². The van der Waals surface area contributed by atoms with Gasteiger partial charge in [-0.2, -0.15) is 0 Å². The van der Waals surface area contributed by atoms with E-state index < -0.39 is 0 Å². The molecule has 1 aromatic heterocycles. The fourth-order valence-electron chi connectivity index (χ4n) is 2.80. The summed E-state index contributed by atoms with van der Waals surface area (Å²) in [5, 5.41) is 4.87. The van der Waals surface area contributed by atoms with E-state index in [1.54, 1.807) is 0 Å². The Balaban J connectivity index is 2.18. The summed E-state index contributed by atoms with van der Waals surface area (Å²) in [6.07, 6.45) is 8.34. The van der Waals surface area contributed by atoms with Crippen LogP contribution in [0.2, 0.25) is 0 Å². The second kappa shape index (κ2) is 8.01. The monoisotopic (exact) mass is 270 g/mol. The van der Waals surface area contributed by atoms with Gasteiger partial charge < -0.3 is 5.32 Å². The second-order valence-corrected chi connectivity index (χ2v) is 5.38. The fraction of sp³-hybridized carbons (Fsp3) is 0.500. The third-order valence-corrected chi connectivity index (χ3v) is 3.84. The van der Waals surface area contributed by atoms with Crippen LogP contribution in [0.5, 0.6) is 0 Å². The Morgan fingerprint density at radius 3 is 2.70 bits per heavy atom. The maximum atomic E-state index is 4.59. The quantitative estimate of drug-likeness (QED) is 0.693. The standard InChI is InChI=1S/C18H26N2/c1-3-5-6-7-13-17(19-4-2)16-12-8-10-15-11-9-14-20-18(15)16/h8-12,14,17,19H,3-7,13H2,1-2H3. The van der Waals surface area contributed by atoms with Crippen molar-refractivity contribution >= 4 is 10.9 Å². The Kier molecular flexibility index (Phi) is 6.00. The van der Waals surface area contributed by atoms with Gasteiger partial charge in [-0.15, -0.1) is 0 Å². The predicted molar refractivity (Wildman–Crippen MR) is 86.9 cm³/mol. The fourth-order valence-corrected chi connectivity index (χ4v) is 2.80. The molecule has 0 radical (unpaired) electrons. The van der Waals surface area contributed by atoms with Gasteiger partial charge in [-0.1, -0.05) is 63.8 Å². The van der Waals surface area contributed by atoms with Crippen molar-refractivity contribution in [1.29, 1.82) is 0 Å². The summed E-state index contributed by atoms with van der Waals surface area (Å²) in [4.78, 5) is 4.59. The molecule has 0 saturated heterocycles. The molecule has 0 fully saturated rings. The predicted octanol–water partition coefficient (Wildman–Crippen LogP) is 4.86. The zero-order valence-electron chi connectivity index (χ0n) is 12.7. The van der Waals surface area contributed by atoms with Gasteiger partial charge in [0.25, 0.3) is 0 Å². The van der Waals surface area contributed by atoms with Gasteiger partial charge in [0.2, 0.25) is 0 Å². The minimum absolute atomic E-state index is 0.426. The molecule has 0 aliphatic rings. The SMILES string of the molecule is CCCCCCC(NCC)c1cccc2cccnc12. The van der Waals surface area contributed by atoms with Gasteiger partial charge in [0.15, 0.2) is 0 Å². The molecule has 0 aliphatic carbocycles. The van der Waals surface area contributed by atoms with Crippen LogP contribution in [0.1, 0.15) is 57.6 Å². The summed E-state index contributed by atoms with van der Waals surface area (Å²) in [6, 6.07) is 11.1. The molecule has 1 unspecified atom stereocenters. The van der Waals surface area contributed by atoms with Gasteiger partial charge in [-0.3, -0.25) is 4.98 Å². The number of rotatable bonds is 8. The molecule has 0 spiro atoms. The average molecular weight is 270 g/mol.